The van der Waals surface area contributed by atoms with E-state index in [1.54, 1.807) is 12.1 Å². The van der Waals surface area contributed by atoms with Gasteiger partial charge >= 0.3 is 0 Å². The van der Waals surface area contributed by atoms with Crippen LogP contribution >= 0.6 is 0 Å². The molecule has 0 atom stereocenters. The Morgan fingerprint density at radius 3 is 2.39 bits per heavy atom. The van der Waals surface area contributed by atoms with Crippen molar-refractivity contribution in [2.24, 2.45) is 0 Å². The summed E-state index contributed by atoms with van der Waals surface area (Å²) in [6, 6.07) is 15.9. The minimum absolute atomic E-state index is 0.0774. The van der Waals surface area contributed by atoms with Crippen LogP contribution in [-0.4, -0.2) is 20.7 Å². The van der Waals surface area contributed by atoms with Gasteiger partial charge in [0.2, 0.25) is 17.7 Å². The maximum absolute atomic E-state index is 13.1. The van der Waals surface area contributed by atoms with Crippen LogP contribution in [0.1, 0.15) is 22.5 Å². The van der Waals surface area contributed by atoms with Crippen molar-refractivity contribution in [2.45, 2.75) is 33.9 Å². The van der Waals surface area contributed by atoms with Crippen molar-refractivity contribution in [3.05, 3.63) is 82.9 Å². The van der Waals surface area contributed by atoms with Gasteiger partial charge in [-0.2, -0.15) is 0 Å². The van der Waals surface area contributed by atoms with E-state index in [0.717, 1.165) is 22.5 Å². The summed E-state index contributed by atoms with van der Waals surface area (Å²) in [6.07, 6.45) is 0. The van der Waals surface area contributed by atoms with E-state index in [4.69, 9.17) is 4.42 Å². The van der Waals surface area contributed by atoms with E-state index in [2.05, 4.69) is 15.5 Å². The molecular weight excluding hydrogens is 395 g/mol. The number of hydrogen-bond donors (Lipinski definition) is 1. The van der Waals surface area contributed by atoms with Crippen molar-refractivity contribution in [1.29, 1.82) is 0 Å². The van der Waals surface area contributed by atoms with Crippen LogP contribution in [0.15, 0.2) is 59.0 Å². The summed E-state index contributed by atoms with van der Waals surface area (Å²) in [5, 5.41) is 11.2. The van der Waals surface area contributed by atoms with E-state index < -0.39 is 0 Å². The predicted octanol–water partition coefficient (Wildman–Crippen LogP) is 4.59. The number of aryl methyl sites for hydroxylation is 2. The predicted molar refractivity (Wildman–Crippen MR) is 116 cm³/mol. The van der Waals surface area contributed by atoms with Gasteiger partial charge in [-0.05, 0) is 56.7 Å². The van der Waals surface area contributed by atoms with Crippen molar-refractivity contribution >= 4 is 5.91 Å². The first-order valence-corrected chi connectivity index (χ1v) is 9.99. The summed E-state index contributed by atoms with van der Waals surface area (Å²) < 4.78 is 20.9. The quantitative estimate of drug-likeness (QED) is 0.497. The van der Waals surface area contributed by atoms with E-state index in [-0.39, 0.29) is 18.3 Å². The number of benzene rings is 2. The van der Waals surface area contributed by atoms with Gasteiger partial charge in [-0.15, -0.1) is 10.2 Å². The van der Waals surface area contributed by atoms with Crippen molar-refractivity contribution in [3.8, 4) is 22.9 Å². The fraction of sp³-hybridized carbons (Fsp3) is 0.208. The number of carbonyl (C=O) groups excluding carboxylic acids is 1. The first-order valence-electron chi connectivity index (χ1n) is 9.99. The van der Waals surface area contributed by atoms with Crippen LogP contribution in [-0.2, 0) is 17.9 Å². The Hall–Kier alpha value is -3.74. The zero-order valence-electron chi connectivity index (χ0n) is 17.6. The minimum Gasteiger partial charge on any atom is -0.416 e. The van der Waals surface area contributed by atoms with Crippen molar-refractivity contribution < 1.29 is 13.6 Å². The first-order chi connectivity index (χ1) is 14.9. The molecule has 0 aliphatic heterocycles. The van der Waals surface area contributed by atoms with Crippen molar-refractivity contribution in [3.63, 3.8) is 0 Å². The van der Waals surface area contributed by atoms with Crippen molar-refractivity contribution in [2.75, 3.05) is 0 Å². The molecule has 2 aromatic carbocycles. The third-order valence-electron chi connectivity index (χ3n) is 5.23. The number of halogens is 1. The molecule has 1 amide bonds. The Kier molecular flexibility index (Phi) is 5.66. The van der Waals surface area contributed by atoms with Crippen LogP contribution in [0.3, 0.4) is 0 Å². The molecular formula is C24H23FN4O2. The summed E-state index contributed by atoms with van der Waals surface area (Å²) in [5.74, 6) is 0.272. The molecule has 0 radical (unpaired) electrons. The molecule has 0 spiro atoms. The van der Waals surface area contributed by atoms with Crippen LogP contribution < -0.4 is 5.32 Å². The van der Waals surface area contributed by atoms with Gasteiger partial charge in [0.1, 0.15) is 12.4 Å². The number of amides is 1. The normalized spacial score (nSPS) is 11.0. The average molecular weight is 418 g/mol. The van der Waals surface area contributed by atoms with E-state index in [1.807, 2.05) is 55.7 Å². The second kappa shape index (κ2) is 8.55. The van der Waals surface area contributed by atoms with E-state index >= 15 is 0 Å². The molecule has 0 unspecified atom stereocenters. The third kappa shape index (κ3) is 4.55. The van der Waals surface area contributed by atoms with Crippen LogP contribution in [0.2, 0.25) is 0 Å². The van der Waals surface area contributed by atoms with Crippen LogP contribution in [0, 0.1) is 26.6 Å². The highest BCUT2D eigenvalue weighted by Crippen LogP contribution is 2.28. The fourth-order valence-electron chi connectivity index (χ4n) is 3.41. The Morgan fingerprint density at radius 2 is 1.68 bits per heavy atom. The summed E-state index contributed by atoms with van der Waals surface area (Å²) >= 11 is 0. The van der Waals surface area contributed by atoms with E-state index in [9.17, 15) is 9.18 Å². The molecule has 2 heterocycles. The second-order valence-corrected chi connectivity index (χ2v) is 7.55. The molecule has 0 fully saturated rings. The van der Waals surface area contributed by atoms with E-state index in [1.165, 1.54) is 17.7 Å². The van der Waals surface area contributed by atoms with Gasteiger partial charge in [0.05, 0.1) is 5.56 Å². The molecule has 4 rings (SSSR count). The maximum atomic E-state index is 13.1. The molecule has 31 heavy (non-hydrogen) atoms. The lowest BCUT2D eigenvalue weighted by Gasteiger charge is -2.10. The summed E-state index contributed by atoms with van der Waals surface area (Å²) in [6.45, 7) is 6.56. The maximum Gasteiger partial charge on any atom is 0.249 e. The van der Waals surface area contributed by atoms with Gasteiger partial charge in [0.15, 0.2) is 0 Å². The highest BCUT2D eigenvalue weighted by molar-refractivity contribution is 5.76. The largest absolute Gasteiger partial charge is 0.416 e. The highest BCUT2D eigenvalue weighted by Gasteiger charge is 2.18. The standard InChI is InChI=1S/C24H23FN4O2/c1-15-4-6-18(7-5-15)13-26-22(30)14-29-16(2)12-21(17(29)3)24-28-27-23(31-24)19-8-10-20(25)11-9-19/h4-12H,13-14H2,1-3H3,(H,26,30). The molecule has 6 nitrogen and oxygen atoms in total. The zero-order valence-corrected chi connectivity index (χ0v) is 17.6. The van der Waals surface area contributed by atoms with Crippen LogP contribution in [0.4, 0.5) is 4.39 Å². The van der Waals surface area contributed by atoms with Gasteiger partial charge < -0.3 is 14.3 Å². The fourth-order valence-corrected chi connectivity index (χ4v) is 3.41. The molecule has 0 bridgehead atoms. The molecule has 7 heteroatoms. The summed E-state index contributed by atoms with van der Waals surface area (Å²) in [4.78, 5) is 12.5. The monoisotopic (exact) mass is 418 g/mol. The summed E-state index contributed by atoms with van der Waals surface area (Å²) in [5.41, 5.74) is 5.43. The Labute approximate surface area is 179 Å². The number of aromatic nitrogens is 3. The van der Waals surface area contributed by atoms with Gasteiger partial charge in [-0.3, -0.25) is 4.79 Å². The molecule has 0 saturated carbocycles. The van der Waals surface area contributed by atoms with Gasteiger partial charge in [-0.1, -0.05) is 29.8 Å². The van der Waals surface area contributed by atoms with Gasteiger partial charge in [0, 0.05) is 23.5 Å². The first kappa shape index (κ1) is 20.5. The molecule has 1 N–H and O–H groups in total. The molecule has 2 aromatic heterocycles. The number of rotatable bonds is 6. The highest BCUT2D eigenvalue weighted by atomic mass is 19.1. The lowest BCUT2D eigenvalue weighted by atomic mass is 10.1. The number of hydrogen-bond acceptors (Lipinski definition) is 4. The van der Waals surface area contributed by atoms with Gasteiger partial charge in [0.25, 0.3) is 0 Å². The van der Waals surface area contributed by atoms with Crippen LogP contribution in [0.25, 0.3) is 22.9 Å². The molecule has 0 saturated heterocycles. The second-order valence-electron chi connectivity index (χ2n) is 7.55. The number of nitrogens with zero attached hydrogens (tertiary/aromatic N) is 3. The SMILES string of the molecule is Cc1ccc(CNC(=O)Cn2c(C)cc(-c3nnc(-c4ccc(F)cc4)o3)c2C)cc1. The molecule has 0 aliphatic rings. The molecule has 158 valence electrons. The minimum atomic E-state index is -0.326. The zero-order chi connectivity index (χ0) is 22.0. The number of nitrogens with one attached hydrogen (secondary N) is 1. The van der Waals surface area contributed by atoms with E-state index in [0.29, 0.717) is 23.9 Å². The lowest BCUT2D eigenvalue weighted by Crippen LogP contribution is -2.27. The lowest BCUT2D eigenvalue weighted by molar-refractivity contribution is -0.121. The molecule has 4 aromatic rings. The van der Waals surface area contributed by atoms with Crippen molar-refractivity contribution in [1.82, 2.24) is 20.1 Å². The summed E-state index contributed by atoms with van der Waals surface area (Å²) in [7, 11) is 0. The Bertz CT molecular complexity index is 1210. The average Bonchev–Trinajstić information content (AvgIpc) is 3.34. The number of carbonyl (C=O) groups is 1. The molecule has 0 aliphatic carbocycles. The Morgan fingerprint density at radius 1 is 1.00 bits per heavy atom. The Balaban J connectivity index is 1.48. The van der Waals surface area contributed by atoms with Crippen LogP contribution in [0.5, 0.6) is 0 Å². The van der Waals surface area contributed by atoms with Gasteiger partial charge in [-0.25, -0.2) is 4.39 Å². The topological polar surface area (TPSA) is 73.0 Å². The smallest absolute Gasteiger partial charge is 0.249 e. The third-order valence-corrected chi connectivity index (χ3v) is 5.23.